The molecule has 110 valence electrons. The molecule has 7 heteroatoms. The molecule has 0 bridgehead atoms. The van der Waals surface area contributed by atoms with Gasteiger partial charge in [-0.05, 0) is 24.3 Å². The monoisotopic (exact) mass is 293 g/mol. The predicted molar refractivity (Wildman–Crippen MR) is 68.2 cm³/mol. The largest absolute Gasteiger partial charge is 0.419 e. The van der Waals surface area contributed by atoms with Crippen molar-refractivity contribution in [3.05, 3.63) is 47.4 Å². The number of carbonyl (C=O) groups excluding carboxylic acids is 3. The molecule has 1 aromatic carbocycles. The number of carbonyl (C=O) groups is 3. The van der Waals surface area contributed by atoms with E-state index in [-0.39, 0.29) is 5.56 Å². The zero-order chi connectivity index (χ0) is 15.6. The zero-order valence-corrected chi connectivity index (χ0v) is 11.3. The molecule has 1 N–H and O–H groups in total. The molecule has 0 radical (unpaired) electrons. The molecule has 21 heavy (non-hydrogen) atoms. The number of hydrogen-bond donors (Lipinski definition) is 1. The van der Waals surface area contributed by atoms with Crippen molar-refractivity contribution in [1.82, 2.24) is 5.32 Å². The van der Waals surface area contributed by atoms with Crippen LogP contribution in [0.15, 0.2) is 36.0 Å². The van der Waals surface area contributed by atoms with Crippen molar-refractivity contribution in [3.63, 3.8) is 0 Å². The number of nitrogens with one attached hydrogen (secondary N) is 1. The van der Waals surface area contributed by atoms with E-state index in [1.807, 2.05) is 0 Å². The van der Waals surface area contributed by atoms with E-state index in [0.717, 1.165) is 18.3 Å². The van der Waals surface area contributed by atoms with Crippen LogP contribution >= 0.6 is 0 Å². The number of esters is 2. The first-order chi connectivity index (χ1) is 9.78. The number of hydrogen-bond acceptors (Lipinski definition) is 5. The van der Waals surface area contributed by atoms with Gasteiger partial charge in [-0.25, -0.2) is 14.0 Å². The summed E-state index contributed by atoms with van der Waals surface area (Å²) in [6.07, 6.45) is 0.908. The second-order valence-corrected chi connectivity index (χ2v) is 4.72. The summed E-state index contributed by atoms with van der Waals surface area (Å²) in [7, 11) is 0. The maximum atomic E-state index is 12.7. The molecule has 0 aromatic heterocycles. The second kappa shape index (κ2) is 5.35. The summed E-state index contributed by atoms with van der Waals surface area (Å²) in [4.78, 5) is 35.0. The van der Waals surface area contributed by atoms with E-state index in [4.69, 9.17) is 9.47 Å². The van der Waals surface area contributed by atoms with Crippen LogP contribution in [0.3, 0.4) is 0 Å². The topological polar surface area (TPSA) is 81.7 Å². The van der Waals surface area contributed by atoms with Gasteiger partial charge in [-0.2, -0.15) is 0 Å². The molecule has 1 aliphatic rings. The van der Waals surface area contributed by atoms with Gasteiger partial charge in [0.2, 0.25) is 0 Å². The summed E-state index contributed by atoms with van der Waals surface area (Å²) in [6.45, 7) is 2.83. The van der Waals surface area contributed by atoms with Crippen molar-refractivity contribution in [3.8, 4) is 0 Å². The normalized spacial score (nSPS) is 16.8. The average molecular weight is 293 g/mol. The van der Waals surface area contributed by atoms with Gasteiger partial charge < -0.3 is 14.8 Å². The Labute approximate surface area is 119 Å². The Hall–Kier alpha value is -2.70. The molecule has 1 aliphatic heterocycles. The highest BCUT2D eigenvalue weighted by molar-refractivity contribution is 6.15. The fourth-order valence-electron chi connectivity index (χ4n) is 1.60. The molecule has 0 spiro atoms. The molecule has 2 rings (SSSR count). The van der Waals surface area contributed by atoms with Crippen LogP contribution in [0.25, 0.3) is 0 Å². The Kier molecular flexibility index (Phi) is 3.75. The van der Waals surface area contributed by atoms with Crippen LogP contribution in [0, 0.1) is 5.82 Å². The highest BCUT2D eigenvalue weighted by Crippen LogP contribution is 2.22. The van der Waals surface area contributed by atoms with E-state index < -0.39 is 35.0 Å². The van der Waals surface area contributed by atoms with E-state index in [9.17, 15) is 18.8 Å². The van der Waals surface area contributed by atoms with Crippen molar-refractivity contribution in [2.45, 2.75) is 19.6 Å². The van der Waals surface area contributed by atoms with Crippen LogP contribution in [0.2, 0.25) is 0 Å². The fraction of sp³-hybridized carbons (Fsp3) is 0.214. The molecule has 0 unspecified atom stereocenters. The van der Waals surface area contributed by atoms with Crippen LogP contribution in [-0.4, -0.2) is 23.6 Å². The van der Waals surface area contributed by atoms with E-state index in [1.54, 1.807) is 0 Å². The van der Waals surface area contributed by atoms with Gasteiger partial charge in [0.15, 0.2) is 5.57 Å². The van der Waals surface area contributed by atoms with E-state index in [0.29, 0.717) is 0 Å². The summed E-state index contributed by atoms with van der Waals surface area (Å²) >= 11 is 0. The number of benzene rings is 1. The highest BCUT2D eigenvalue weighted by Gasteiger charge is 2.39. The van der Waals surface area contributed by atoms with E-state index >= 15 is 0 Å². The van der Waals surface area contributed by atoms with E-state index in [1.165, 1.54) is 26.0 Å². The Morgan fingerprint density at radius 1 is 1.14 bits per heavy atom. The molecule has 1 fully saturated rings. The smallest absolute Gasteiger partial charge is 0.350 e. The van der Waals surface area contributed by atoms with Crippen molar-refractivity contribution < 1.29 is 28.2 Å². The lowest BCUT2D eigenvalue weighted by atomic mass is 10.2. The Balaban J connectivity index is 2.10. The third-order valence-corrected chi connectivity index (χ3v) is 2.57. The summed E-state index contributed by atoms with van der Waals surface area (Å²) in [5.41, 5.74) is -0.254. The molecule has 0 atom stereocenters. The average Bonchev–Trinajstić information content (AvgIpc) is 2.36. The standard InChI is InChI=1S/C14H12FNO5/c1-14(2)20-12(18)10(13(19)21-14)7-16-11(17)8-3-5-9(15)6-4-8/h3-7H,1-2H3,(H,16,17). The Morgan fingerprint density at radius 2 is 1.67 bits per heavy atom. The molecule has 1 aromatic rings. The number of ether oxygens (including phenoxy) is 2. The SMILES string of the molecule is CC1(C)OC(=O)C(=CNC(=O)c2ccc(F)cc2)C(=O)O1. The van der Waals surface area contributed by atoms with Crippen molar-refractivity contribution in [2.75, 3.05) is 0 Å². The van der Waals surface area contributed by atoms with Gasteiger partial charge in [0, 0.05) is 25.6 Å². The van der Waals surface area contributed by atoms with Crippen molar-refractivity contribution >= 4 is 17.8 Å². The lowest BCUT2D eigenvalue weighted by Crippen LogP contribution is -2.42. The third-order valence-electron chi connectivity index (χ3n) is 2.57. The summed E-state index contributed by atoms with van der Waals surface area (Å²) < 4.78 is 22.5. The van der Waals surface area contributed by atoms with Gasteiger partial charge in [-0.1, -0.05) is 0 Å². The minimum Gasteiger partial charge on any atom is -0.419 e. The van der Waals surface area contributed by atoms with Gasteiger partial charge in [0.25, 0.3) is 11.7 Å². The number of rotatable bonds is 2. The second-order valence-electron chi connectivity index (χ2n) is 4.72. The molecular weight excluding hydrogens is 281 g/mol. The van der Waals surface area contributed by atoms with Crippen molar-refractivity contribution in [2.24, 2.45) is 0 Å². The van der Waals surface area contributed by atoms with Gasteiger partial charge in [0.05, 0.1) is 0 Å². The van der Waals surface area contributed by atoms with Crippen LogP contribution in [0.5, 0.6) is 0 Å². The highest BCUT2D eigenvalue weighted by atomic mass is 19.1. The molecule has 6 nitrogen and oxygen atoms in total. The number of cyclic esters (lactones) is 2. The first-order valence-electron chi connectivity index (χ1n) is 6.02. The molecular formula is C14H12FNO5. The molecule has 0 aliphatic carbocycles. The zero-order valence-electron chi connectivity index (χ0n) is 11.3. The Bertz CT molecular complexity index is 611. The maximum Gasteiger partial charge on any atom is 0.350 e. The van der Waals surface area contributed by atoms with Gasteiger partial charge in [-0.3, -0.25) is 4.79 Å². The van der Waals surface area contributed by atoms with E-state index in [2.05, 4.69) is 5.32 Å². The van der Waals surface area contributed by atoms with Crippen molar-refractivity contribution in [1.29, 1.82) is 0 Å². The van der Waals surface area contributed by atoms with Gasteiger partial charge in [0.1, 0.15) is 5.82 Å². The van der Waals surface area contributed by atoms with Crippen LogP contribution in [-0.2, 0) is 19.1 Å². The van der Waals surface area contributed by atoms with Crippen LogP contribution < -0.4 is 5.32 Å². The first-order valence-corrected chi connectivity index (χ1v) is 6.02. The Morgan fingerprint density at radius 3 is 2.19 bits per heavy atom. The quantitative estimate of drug-likeness (QED) is 0.504. The minimum absolute atomic E-state index is 0.172. The fourth-order valence-corrected chi connectivity index (χ4v) is 1.60. The van der Waals surface area contributed by atoms with Gasteiger partial charge >= 0.3 is 11.9 Å². The minimum atomic E-state index is -1.34. The molecule has 1 saturated heterocycles. The third kappa shape index (κ3) is 3.44. The van der Waals surface area contributed by atoms with Crippen LogP contribution in [0.4, 0.5) is 4.39 Å². The van der Waals surface area contributed by atoms with Crippen LogP contribution in [0.1, 0.15) is 24.2 Å². The first kappa shape index (κ1) is 14.7. The molecule has 0 saturated carbocycles. The molecule has 1 heterocycles. The summed E-state index contributed by atoms with van der Waals surface area (Å²) in [5.74, 6) is -4.21. The lowest BCUT2D eigenvalue weighted by molar-refractivity contribution is -0.222. The number of halogens is 1. The molecule has 1 amide bonds. The maximum absolute atomic E-state index is 12.7. The van der Waals surface area contributed by atoms with Gasteiger partial charge in [-0.15, -0.1) is 0 Å². The predicted octanol–water partition coefficient (Wildman–Crippen LogP) is 1.28. The summed E-state index contributed by atoms with van der Waals surface area (Å²) in [5, 5.41) is 2.25. The number of amides is 1. The summed E-state index contributed by atoms with van der Waals surface area (Å²) in [6, 6.07) is 4.77. The lowest BCUT2D eigenvalue weighted by Gasteiger charge is -2.29.